The minimum atomic E-state index is -0.0713. The lowest BCUT2D eigenvalue weighted by Gasteiger charge is -2.29. The average molecular weight is 374 g/mol. The van der Waals surface area contributed by atoms with Gasteiger partial charge in [-0.25, -0.2) is 0 Å². The molecule has 138 valence electrons. The van der Waals surface area contributed by atoms with Gasteiger partial charge in [-0.05, 0) is 37.0 Å². The Morgan fingerprint density at radius 2 is 2.15 bits per heavy atom. The molecule has 1 fully saturated rings. The molecule has 0 saturated carbocycles. The second-order valence-electron chi connectivity index (χ2n) is 7.09. The van der Waals surface area contributed by atoms with Gasteiger partial charge in [0.05, 0.1) is 0 Å². The Morgan fingerprint density at radius 1 is 1.31 bits per heavy atom. The van der Waals surface area contributed by atoms with Crippen molar-refractivity contribution in [2.75, 3.05) is 25.1 Å². The van der Waals surface area contributed by atoms with Gasteiger partial charge in [0.15, 0.2) is 11.4 Å². The fourth-order valence-corrected chi connectivity index (χ4v) is 4.15. The molecule has 3 N–H and O–H groups in total. The summed E-state index contributed by atoms with van der Waals surface area (Å²) < 4.78 is 8.26. The van der Waals surface area contributed by atoms with E-state index in [1.165, 1.54) is 10.5 Å². The maximum atomic E-state index is 12.5. The molecule has 1 saturated heterocycles. The predicted octanol–water partition coefficient (Wildman–Crippen LogP) is 1.10. The monoisotopic (exact) mass is 373 g/mol. The summed E-state index contributed by atoms with van der Waals surface area (Å²) in [6, 6.07) is 10.3. The van der Waals surface area contributed by atoms with Gasteiger partial charge in [0.25, 0.3) is 5.56 Å². The SMILES string of the molecule is O=c1[nH]c(=S)n(CCc2ccccc2)c2c1C[NH+](C[C@H]1CCCO1)CN2. The molecule has 0 amide bonds. The number of hydrogen-bond donors (Lipinski definition) is 3. The van der Waals surface area contributed by atoms with Gasteiger partial charge in [0, 0.05) is 13.2 Å². The second kappa shape index (κ2) is 7.73. The van der Waals surface area contributed by atoms with Crippen LogP contribution in [0.15, 0.2) is 35.1 Å². The highest BCUT2D eigenvalue weighted by atomic mass is 32.1. The summed E-state index contributed by atoms with van der Waals surface area (Å²) in [7, 11) is 0. The van der Waals surface area contributed by atoms with Gasteiger partial charge in [-0.3, -0.25) is 9.78 Å². The van der Waals surface area contributed by atoms with Crippen LogP contribution in [0.5, 0.6) is 0 Å². The van der Waals surface area contributed by atoms with Gasteiger partial charge < -0.3 is 19.5 Å². The highest BCUT2D eigenvalue weighted by molar-refractivity contribution is 7.71. The molecule has 0 radical (unpaired) electrons. The Bertz CT molecular complexity index is 871. The van der Waals surface area contributed by atoms with E-state index in [0.29, 0.717) is 17.4 Å². The van der Waals surface area contributed by atoms with Crippen LogP contribution in [0.3, 0.4) is 0 Å². The third-order valence-corrected chi connectivity index (χ3v) is 5.56. The van der Waals surface area contributed by atoms with Crippen molar-refractivity contribution in [2.24, 2.45) is 0 Å². The molecule has 1 aromatic carbocycles. The number of hydrogen-bond acceptors (Lipinski definition) is 4. The van der Waals surface area contributed by atoms with E-state index in [9.17, 15) is 4.79 Å². The predicted molar refractivity (Wildman–Crippen MR) is 103 cm³/mol. The lowest BCUT2D eigenvalue weighted by Crippen LogP contribution is -3.13. The molecule has 1 unspecified atom stereocenters. The number of aryl methyl sites for hydroxylation is 1. The van der Waals surface area contributed by atoms with E-state index in [0.717, 1.165) is 57.0 Å². The highest BCUT2D eigenvalue weighted by Gasteiger charge is 2.28. The number of ether oxygens (including phenoxy) is 1. The van der Waals surface area contributed by atoms with E-state index in [1.807, 2.05) is 22.8 Å². The topological polar surface area (TPSA) is 63.5 Å². The summed E-state index contributed by atoms with van der Waals surface area (Å²) in [4.78, 5) is 16.7. The molecule has 4 rings (SSSR count). The molecular formula is C19H25N4O2S+. The number of quaternary nitrogens is 1. The number of benzene rings is 1. The standard InChI is InChI=1S/C19H24N4O2S/c24-18-16-12-22(11-15-7-4-10-25-15)13-20-17(16)23(19(26)21-18)9-8-14-5-2-1-3-6-14/h1-3,5-6,15,20H,4,7-13H2,(H,21,24,26)/p+1/t15-/m1/s1. The molecule has 26 heavy (non-hydrogen) atoms. The van der Waals surface area contributed by atoms with Crippen LogP contribution < -0.4 is 15.8 Å². The van der Waals surface area contributed by atoms with Crippen LogP contribution in [0.1, 0.15) is 24.0 Å². The first kappa shape index (κ1) is 17.5. The first-order chi connectivity index (χ1) is 12.7. The zero-order valence-electron chi connectivity index (χ0n) is 14.8. The molecule has 1 aromatic heterocycles. The van der Waals surface area contributed by atoms with Crippen molar-refractivity contribution >= 4 is 18.0 Å². The molecule has 2 aromatic rings. The van der Waals surface area contributed by atoms with Crippen molar-refractivity contribution in [2.45, 2.75) is 38.5 Å². The zero-order valence-corrected chi connectivity index (χ0v) is 15.6. The van der Waals surface area contributed by atoms with E-state index >= 15 is 0 Å². The first-order valence-corrected chi connectivity index (χ1v) is 9.70. The highest BCUT2D eigenvalue weighted by Crippen LogP contribution is 2.15. The Morgan fingerprint density at radius 3 is 2.92 bits per heavy atom. The second-order valence-corrected chi connectivity index (χ2v) is 7.48. The number of rotatable bonds is 5. The molecule has 2 atom stereocenters. The molecule has 0 aliphatic carbocycles. The average Bonchev–Trinajstić information content (AvgIpc) is 3.16. The van der Waals surface area contributed by atoms with Crippen molar-refractivity contribution in [3.63, 3.8) is 0 Å². The maximum absolute atomic E-state index is 12.5. The molecule has 7 heteroatoms. The molecule has 0 bridgehead atoms. The minimum absolute atomic E-state index is 0.0713. The van der Waals surface area contributed by atoms with Gasteiger partial charge in [0.1, 0.15) is 30.6 Å². The molecule has 0 spiro atoms. The van der Waals surface area contributed by atoms with Crippen LogP contribution in [-0.4, -0.2) is 35.5 Å². The molecular weight excluding hydrogens is 348 g/mol. The third kappa shape index (κ3) is 3.75. The fraction of sp³-hybridized carbons (Fsp3) is 0.474. The number of aromatic nitrogens is 2. The Kier molecular flexibility index (Phi) is 5.19. The Hall–Kier alpha value is -1.96. The van der Waals surface area contributed by atoms with Gasteiger partial charge in [-0.1, -0.05) is 30.3 Å². The van der Waals surface area contributed by atoms with Crippen LogP contribution in [0.4, 0.5) is 5.82 Å². The van der Waals surface area contributed by atoms with E-state index in [2.05, 4.69) is 22.4 Å². The van der Waals surface area contributed by atoms with Crippen LogP contribution in [0.25, 0.3) is 0 Å². The van der Waals surface area contributed by atoms with Crippen LogP contribution in [0.2, 0.25) is 0 Å². The number of aromatic amines is 1. The van der Waals surface area contributed by atoms with Crippen molar-refractivity contribution in [1.82, 2.24) is 9.55 Å². The number of fused-ring (bicyclic) bond motifs is 1. The summed E-state index contributed by atoms with van der Waals surface area (Å²) in [5.74, 6) is 0.880. The summed E-state index contributed by atoms with van der Waals surface area (Å²) >= 11 is 5.43. The summed E-state index contributed by atoms with van der Waals surface area (Å²) in [6.45, 7) is 4.04. The van der Waals surface area contributed by atoms with Gasteiger partial charge >= 0.3 is 0 Å². The van der Waals surface area contributed by atoms with E-state index in [1.54, 1.807) is 0 Å². The number of anilines is 1. The number of nitrogens with zero attached hydrogens (tertiary/aromatic N) is 1. The molecule has 2 aliphatic rings. The zero-order chi connectivity index (χ0) is 17.9. The van der Waals surface area contributed by atoms with E-state index in [-0.39, 0.29) is 5.56 Å². The summed E-state index contributed by atoms with van der Waals surface area (Å²) in [5, 5.41) is 3.46. The largest absolute Gasteiger partial charge is 0.372 e. The van der Waals surface area contributed by atoms with Crippen LogP contribution >= 0.6 is 12.2 Å². The molecule has 3 heterocycles. The van der Waals surface area contributed by atoms with Crippen LogP contribution in [-0.2, 0) is 24.2 Å². The van der Waals surface area contributed by atoms with Crippen molar-refractivity contribution in [3.8, 4) is 0 Å². The maximum Gasteiger partial charge on any atom is 0.262 e. The fourth-order valence-electron chi connectivity index (χ4n) is 3.87. The number of nitrogens with one attached hydrogen (secondary N) is 3. The van der Waals surface area contributed by atoms with Crippen molar-refractivity contribution in [3.05, 3.63) is 56.6 Å². The number of H-pyrrole nitrogens is 1. The Balaban J connectivity index is 1.53. The van der Waals surface area contributed by atoms with Crippen LogP contribution in [0, 0.1) is 4.77 Å². The quantitative estimate of drug-likeness (QED) is 0.687. The van der Waals surface area contributed by atoms with Crippen molar-refractivity contribution < 1.29 is 9.64 Å². The lowest BCUT2D eigenvalue weighted by atomic mass is 10.1. The summed E-state index contributed by atoms with van der Waals surface area (Å²) in [6.07, 6.45) is 3.45. The Labute approximate surface area is 157 Å². The minimum Gasteiger partial charge on any atom is -0.372 e. The van der Waals surface area contributed by atoms with Gasteiger partial charge in [-0.15, -0.1) is 0 Å². The third-order valence-electron chi connectivity index (χ3n) is 5.24. The smallest absolute Gasteiger partial charge is 0.262 e. The van der Waals surface area contributed by atoms with E-state index in [4.69, 9.17) is 17.0 Å². The lowest BCUT2D eigenvalue weighted by molar-refractivity contribution is -0.915. The van der Waals surface area contributed by atoms with Gasteiger partial charge in [0.2, 0.25) is 0 Å². The molecule has 6 nitrogen and oxygen atoms in total. The van der Waals surface area contributed by atoms with E-state index < -0.39 is 0 Å². The first-order valence-electron chi connectivity index (χ1n) is 9.29. The van der Waals surface area contributed by atoms with Gasteiger partial charge in [-0.2, -0.15) is 0 Å². The van der Waals surface area contributed by atoms with Crippen molar-refractivity contribution in [1.29, 1.82) is 0 Å². The molecule has 2 aliphatic heterocycles. The normalized spacial score (nSPS) is 22.0. The summed E-state index contributed by atoms with van der Waals surface area (Å²) in [5.41, 5.74) is 1.99.